The van der Waals surface area contributed by atoms with Gasteiger partial charge in [-0.3, -0.25) is 4.79 Å². The van der Waals surface area contributed by atoms with E-state index in [-0.39, 0.29) is 11.8 Å². The highest BCUT2D eigenvalue weighted by molar-refractivity contribution is 9.10. The van der Waals surface area contributed by atoms with Crippen molar-refractivity contribution in [1.82, 2.24) is 5.43 Å². The first-order valence-electron chi connectivity index (χ1n) is 8.23. The Bertz CT molecular complexity index is 952. The molecule has 0 aliphatic heterocycles. The molecule has 5 heteroatoms. The zero-order valence-corrected chi connectivity index (χ0v) is 16.2. The number of nitrogens with zero attached hydrogens (tertiary/aromatic N) is 1. The largest absolute Gasteiger partial charge is 0.497 e. The standard InChI is InChI=1S/C21H19BrN2O2/c1-14(21(25)24-23-13-15-3-8-19(22)9-4-15)16-5-6-18-12-20(26-2)10-7-17(18)11-16/h3-14H,1-2H3,(H,24,25)/b23-13+. The second-order valence-electron chi connectivity index (χ2n) is 5.98. The Morgan fingerprint density at radius 2 is 1.77 bits per heavy atom. The number of hydrogen-bond acceptors (Lipinski definition) is 3. The highest BCUT2D eigenvalue weighted by Gasteiger charge is 2.15. The van der Waals surface area contributed by atoms with Gasteiger partial charge in [-0.1, -0.05) is 52.3 Å². The third-order valence-corrected chi connectivity index (χ3v) is 4.75. The third kappa shape index (κ3) is 4.29. The fourth-order valence-electron chi connectivity index (χ4n) is 2.61. The molecule has 1 N–H and O–H groups in total. The van der Waals surface area contributed by atoms with Gasteiger partial charge in [-0.25, -0.2) is 5.43 Å². The maximum absolute atomic E-state index is 12.4. The fraction of sp³-hybridized carbons (Fsp3) is 0.143. The maximum Gasteiger partial charge on any atom is 0.247 e. The molecule has 1 atom stereocenters. The second-order valence-corrected chi connectivity index (χ2v) is 6.90. The molecular formula is C21H19BrN2O2. The van der Waals surface area contributed by atoms with E-state index in [4.69, 9.17) is 4.74 Å². The second kappa shape index (κ2) is 8.15. The summed E-state index contributed by atoms with van der Waals surface area (Å²) >= 11 is 3.39. The Hall–Kier alpha value is -2.66. The molecule has 4 nitrogen and oxygen atoms in total. The Labute approximate surface area is 161 Å². The summed E-state index contributed by atoms with van der Waals surface area (Å²) in [7, 11) is 1.65. The van der Waals surface area contributed by atoms with Crippen molar-refractivity contribution in [3.63, 3.8) is 0 Å². The summed E-state index contributed by atoms with van der Waals surface area (Å²) in [5.41, 5.74) is 4.47. The molecule has 0 aromatic heterocycles. The maximum atomic E-state index is 12.4. The Morgan fingerprint density at radius 1 is 1.08 bits per heavy atom. The van der Waals surface area contributed by atoms with Crippen LogP contribution in [0.3, 0.4) is 0 Å². The monoisotopic (exact) mass is 410 g/mol. The van der Waals surface area contributed by atoms with Crippen LogP contribution in [-0.4, -0.2) is 19.2 Å². The van der Waals surface area contributed by atoms with E-state index in [0.29, 0.717) is 0 Å². The molecule has 1 unspecified atom stereocenters. The molecule has 0 fully saturated rings. The first-order valence-corrected chi connectivity index (χ1v) is 9.02. The SMILES string of the molecule is COc1ccc2cc(C(C)C(=O)N/N=C/c3ccc(Br)cc3)ccc2c1. The van der Waals surface area contributed by atoms with E-state index in [1.54, 1.807) is 13.3 Å². The average Bonchev–Trinajstić information content (AvgIpc) is 2.68. The number of fused-ring (bicyclic) bond motifs is 1. The fourth-order valence-corrected chi connectivity index (χ4v) is 2.87. The molecule has 3 rings (SSSR count). The predicted molar refractivity (Wildman–Crippen MR) is 109 cm³/mol. The van der Waals surface area contributed by atoms with Gasteiger partial charge in [0.1, 0.15) is 5.75 Å². The Balaban J connectivity index is 1.69. The lowest BCUT2D eigenvalue weighted by Gasteiger charge is -2.11. The zero-order chi connectivity index (χ0) is 18.5. The molecule has 0 saturated heterocycles. The van der Waals surface area contributed by atoms with E-state index in [2.05, 4.69) is 26.5 Å². The molecule has 26 heavy (non-hydrogen) atoms. The highest BCUT2D eigenvalue weighted by Crippen LogP contribution is 2.25. The lowest BCUT2D eigenvalue weighted by molar-refractivity contribution is -0.122. The van der Waals surface area contributed by atoms with Gasteiger partial charge in [0.05, 0.1) is 19.2 Å². The quantitative estimate of drug-likeness (QED) is 0.481. The van der Waals surface area contributed by atoms with E-state index in [1.807, 2.05) is 67.6 Å². The van der Waals surface area contributed by atoms with E-state index in [1.165, 1.54) is 0 Å². The molecule has 0 heterocycles. The van der Waals surface area contributed by atoms with Crippen LogP contribution in [0.2, 0.25) is 0 Å². The molecule has 0 aliphatic rings. The minimum absolute atomic E-state index is 0.147. The summed E-state index contributed by atoms with van der Waals surface area (Å²) in [5, 5.41) is 6.19. The van der Waals surface area contributed by atoms with Gasteiger partial charge in [-0.2, -0.15) is 5.10 Å². The van der Waals surface area contributed by atoms with Crippen molar-refractivity contribution >= 4 is 38.8 Å². The molecule has 0 aliphatic carbocycles. The number of carbonyl (C=O) groups excluding carboxylic acids is 1. The molecule has 3 aromatic carbocycles. The van der Waals surface area contributed by atoms with E-state index >= 15 is 0 Å². The number of nitrogens with one attached hydrogen (secondary N) is 1. The number of halogens is 1. The number of amides is 1. The summed E-state index contributed by atoms with van der Waals surface area (Å²) < 4.78 is 6.24. The average molecular weight is 411 g/mol. The first-order chi connectivity index (χ1) is 12.6. The minimum Gasteiger partial charge on any atom is -0.497 e. The van der Waals surface area contributed by atoms with E-state index in [0.717, 1.165) is 32.1 Å². The van der Waals surface area contributed by atoms with Crippen molar-refractivity contribution in [3.8, 4) is 5.75 Å². The summed E-state index contributed by atoms with van der Waals surface area (Å²) in [6.45, 7) is 1.87. The topological polar surface area (TPSA) is 50.7 Å². The van der Waals surface area contributed by atoms with Gasteiger partial charge in [-0.05, 0) is 53.1 Å². The molecule has 1 amide bonds. The van der Waals surface area contributed by atoms with E-state index in [9.17, 15) is 4.79 Å². The lowest BCUT2D eigenvalue weighted by Crippen LogP contribution is -2.23. The number of carbonyl (C=O) groups is 1. The molecular weight excluding hydrogens is 392 g/mol. The zero-order valence-electron chi connectivity index (χ0n) is 14.6. The molecule has 0 saturated carbocycles. The number of benzene rings is 3. The van der Waals surface area contributed by atoms with Crippen molar-refractivity contribution in [2.45, 2.75) is 12.8 Å². The van der Waals surface area contributed by atoms with Gasteiger partial charge >= 0.3 is 0 Å². The first kappa shape index (κ1) is 18.1. The number of ether oxygens (including phenoxy) is 1. The van der Waals surface area contributed by atoms with Crippen molar-refractivity contribution < 1.29 is 9.53 Å². The number of hydrogen-bond donors (Lipinski definition) is 1. The van der Waals surface area contributed by atoms with Gasteiger partial charge in [0, 0.05) is 4.47 Å². The number of rotatable bonds is 5. The van der Waals surface area contributed by atoms with Gasteiger partial charge in [0.15, 0.2) is 0 Å². The van der Waals surface area contributed by atoms with Crippen LogP contribution in [-0.2, 0) is 4.79 Å². The van der Waals surface area contributed by atoms with Crippen molar-refractivity contribution in [2.75, 3.05) is 7.11 Å². The van der Waals surface area contributed by atoms with Crippen LogP contribution in [0.4, 0.5) is 0 Å². The molecule has 132 valence electrons. The third-order valence-electron chi connectivity index (χ3n) is 4.22. The van der Waals surface area contributed by atoms with Crippen LogP contribution in [0, 0.1) is 0 Å². The van der Waals surface area contributed by atoms with Gasteiger partial charge in [0.25, 0.3) is 0 Å². The Kier molecular flexibility index (Phi) is 5.68. The summed E-state index contributed by atoms with van der Waals surface area (Å²) in [6.07, 6.45) is 1.63. The van der Waals surface area contributed by atoms with Gasteiger partial charge in [-0.15, -0.1) is 0 Å². The smallest absolute Gasteiger partial charge is 0.247 e. The predicted octanol–water partition coefficient (Wildman–Crippen LogP) is 4.86. The van der Waals surface area contributed by atoms with Gasteiger partial charge in [0.2, 0.25) is 5.91 Å². The van der Waals surface area contributed by atoms with E-state index < -0.39 is 0 Å². The summed E-state index contributed by atoms with van der Waals surface area (Å²) in [4.78, 5) is 12.4. The van der Waals surface area contributed by atoms with Crippen molar-refractivity contribution in [1.29, 1.82) is 0 Å². The molecule has 0 radical (unpaired) electrons. The summed E-state index contributed by atoms with van der Waals surface area (Å²) in [6, 6.07) is 19.6. The normalized spacial score (nSPS) is 12.3. The lowest BCUT2D eigenvalue weighted by atomic mass is 9.97. The Morgan fingerprint density at radius 3 is 2.50 bits per heavy atom. The molecule has 0 spiro atoms. The summed E-state index contributed by atoms with van der Waals surface area (Å²) in [5.74, 6) is 0.369. The molecule has 3 aromatic rings. The van der Waals surface area contributed by atoms with Crippen LogP contribution in [0.15, 0.2) is 70.2 Å². The number of methoxy groups -OCH3 is 1. The highest BCUT2D eigenvalue weighted by atomic mass is 79.9. The molecule has 0 bridgehead atoms. The van der Waals surface area contributed by atoms with Crippen LogP contribution < -0.4 is 10.2 Å². The van der Waals surface area contributed by atoms with Crippen LogP contribution in [0.5, 0.6) is 5.75 Å². The van der Waals surface area contributed by atoms with Crippen molar-refractivity contribution in [2.24, 2.45) is 5.10 Å². The van der Waals surface area contributed by atoms with Crippen LogP contribution in [0.1, 0.15) is 24.0 Å². The van der Waals surface area contributed by atoms with Crippen LogP contribution in [0.25, 0.3) is 10.8 Å². The van der Waals surface area contributed by atoms with Crippen molar-refractivity contribution in [3.05, 3.63) is 76.3 Å². The minimum atomic E-state index is -0.302. The number of hydrazone groups is 1. The van der Waals surface area contributed by atoms with Crippen LogP contribution >= 0.6 is 15.9 Å². The van der Waals surface area contributed by atoms with Gasteiger partial charge < -0.3 is 4.74 Å².